The van der Waals surface area contributed by atoms with Crippen LogP contribution in [-0.4, -0.2) is 60.2 Å². The van der Waals surface area contributed by atoms with Crippen LogP contribution in [0.4, 0.5) is 5.82 Å². The van der Waals surface area contributed by atoms with Gasteiger partial charge >= 0.3 is 0 Å². The van der Waals surface area contributed by atoms with E-state index in [0.717, 1.165) is 47.7 Å². The van der Waals surface area contributed by atoms with Gasteiger partial charge in [0.15, 0.2) is 11.5 Å². The fraction of sp³-hybridized carbons (Fsp3) is 0.435. The first-order valence-electron chi connectivity index (χ1n) is 10.8. The zero-order valence-corrected chi connectivity index (χ0v) is 18.4. The lowest BCUT2D eigenvalue weighted by Gasteiger charge is -2.35. The molecule has 5 rings (SSSR count). The second kappa shape index (κ2) is 8.70. The highest BCUT2D eigenvalue weighted by atomic mass is 32.1. The van der Waals surface area contributed by atoms with Crippen LogP contribution in [0.5, 0.6) is 11.5 Å². The Balaban J connectivity index is 1.26. The number of ether oxygens (including phenoxy) is 2. The number of thiophene rings is 1. The molecule has 3 heterocycles. The van der Waals surface area contributed by atoms with Gasteiger partial charge in [0.2, 0.25) is 0 Å². The van der Waals surface area contributed by atoms with Crippen LogP contribution < -0.4 is 14.4 Å². The number of rotatable bonds is 5. The van der Waals surface area contributed by atoms with Gasteiger partial charge in [0, 0.05) is 31.7 Å². The van der Waals surface area contributed by atoms with Crippen molar-refractivity contribution < 1.29 is 14.3 Å². The Hall–Kier alpha value is -2.87. The van der Waals surface area contributed by atoms with Gasteiger partial charge in [-0.3, -0.25) is 4.79 Å². The molecule has 8 heteroatoms. The van der Waals surface area contributed by atoms with Gasteiger partial charge < -0.3 is 19.3 Å². The molecule has 1 aromatic carbocycles. The summed E-state index contributed by atoms with van der Waals surface area (Å²) in [5, 5.41) is 3.12. The smallest absolute Gasteiger partial charge is 0.254 e. The van der Waals surface area contributed by atoms with Crippen molar-refractivity contribution in [1.29, 1.82) is 0 Å². The van der Waals surface area contributed by atoms with Crippen molar-refractivity contribution in [3.05, 3.63) is 41.5 Å². The molecule has 0 bridgehead atoms. The minimum absolute atomic E-state index is 0.0220. The summed E-state index contributed by atoms with van der Waals surface area (Å²) in [7, 11) is 1.62. The second-order valence-electron chi connectivity index (χ2n) is 8.01. The maximum absolute atomic E-state index is 13.1. The summed E-state index contributed by atoms with van der Waals surface area (Å²) in [6.07, 6.45) is 6.45. The number of aromatic nitrogens is 2. The summed E-state index contributed by atoms with van der Waals surface area (Å²) in [5.41, 5.74) is 0.631. The van der Waals surface area contributed by atoms with Gasteiger partial charge in [-0.15, -0.1) is 11.3 Å². The zero-order valence-electron chi connectivity index (χ0n) is 17.6. The standard InChI is InChI=1S/C23H26N4O3S/c1-29-20-14-16(6-7-19(20)30-17-4-2-3-5-17)23(28)27-11-9-26(10-12-27)21-18-8-13-31-22(18)25-15-24-21/h6-8,13-15,17H,2-5,9-12H2,1H3. The van der Waals surface area contributed by atoms with Crippen LogP contribution in [0.25, 0.3) is 10.2 Å². The summed E-state index contributed by atoms with van der Waals surface area (Å²) >= 11 is 1.62. The van der Waals surface area contributed by atoms with E-state index in [2.05, 4.69) is 20.9 Å². The molecule has 0 spiro atoms. The van der Waals surface area contributed by atoms with Gasteiger partial charge in [0.1, 0.15) is 17.0 Å². The third-order valence-electron chi connectivity index (χ3n) is 6.11. The van der Waals surface area contributed by atoms with E-state index < -0.39 is 0 Å². The molecule has 7 nitrogen and oxygen atoms in total. The van der Waals surface area contributed by atoms with E-state index in [1.54, 1.807) is 30.8 Å². The number of hydrogen-bond acceptors (Lipinski definition) is 7. The largest absolute Gasteiger partial charge is 0.493 e. The monoisotopic (exact) mass is 438 g/mol. The molecular weight excluding hydrogens is 412 g/mol. The highest BCUT2D eigenvalue weighted by Gasteiger charge is 2.25. The normalized spacial score (nSPS) is 17.3. The number of benzene rings is 1. The van der Waals surface area contributed by atoms with Gasteiger partial charge in [0.05, 0.1) is 18.6 Å². The molecule has 0 unspecified atom stereocenters. The Kier molecular flexibility index (Phi) is 5.63. The number of nitrogens with zero attached hydrogens (tertiary/aromatic N) is 4. The summed E-state index contributed by atoms with van der Waals surface area (Å²) in [5.74, 6) is 2.32. The first-order chi connectivity index (χ1) is 15.2. The Bertz CT molecular complexity index is 1070. The maximum atomic E-state index is 13.1. The molecule has 0 N–H and O–H groups in total. The third kappa shape index (κ3) is 4.04. The fourth-order valence-electron chi connectivity index (χ4n) is 4.42. The molecule has 1 saturated carbocycles. The van der Waals surface area contributed by atoms with Crippen LogP contribution in [0.3, 0.4) is 0 Å². The van der Waals surface area contributed by atoms with Gasteiger partial charge in [-0.1, -0.05) is 0 Å². The summed E-state index contributed by atoms with van der Waals surface area (Å²) < 4.78 is 11.6. The molecule has 1 saturated heterocycles. The molecule has 0 atom stereocenters. The van der Waals surface area contributed by atoms with Crippen LogP contribution >= 0.6 is 11.3 Å². The van der Waals surface area contributed by atoms with Crippen molar-refractivity contribution in [3.63, 3.8) is 0 Å². The fourth-order valence-corrected chi connectivity index (χ4v) is 5.14. The summed E-state index contributed by atoms with van der Waals surface area (Å²) in [6.45, 7) is 2.79. The van der Waals surface area contributed by atoms with Crippen LogP contribution in [0, 0.1) is 0 Å². The van der Waals surface area contributed by atoms with E-state index >= 15 is 0 Å². The first-order valence-corrected chi connectivity index (χ1v) is 11.7. The number of piperazine rings is 1. The molecule has 162 valence electrons. The van der Waals surface area contributed by atoms with Crippen molar-refractivity contribution >= 4 is 33.3 Å². The van der Waals surface area contributed by atoms with Crippen molar-refractivity contribution in [1.82, 2.24) is 14.9 Å². The van der Waals surface area contributed by atoms with Crippen molar-refractivity contribution in [2.24, 2.45) is 0 Å². The van der Waals surface area contributed by atoms with E-state index in [1.165, 1.54) is 12.8 Å². The predicted molar refractivity (Wildman–Crippen MR) is 121 cm³/mol. The molecule has 2 aliphatic rings. The molecule has 31 heavy (non-hydrogen) atoms. The quantitative estimate of drug-likeness (QED) is 0.600. The number of anilines is 1. The average molecular weight is 439 g/mol. The van der Waals surface area contributed by atoms with Gasteiger partial charge in [0.25, 0.3) is 5.91 Å². The maximum Gasteiger partial charge on any atom is 0.254 e. The lowest BCUT2D eigenvalue weighted by molar-refractivity contribution is 0.0746. The molecule has 3 aromatic rings. The molecular formula is C23H26N4O3S. The number of methoxy groups -OCH3 is 1. The van der Waals surface area contributed by atoms with E-state index in [-0.39, 0.29) is 12.0 Å². The van der Waals surface area contributed by atoms with E-state index in [1.807, 2.05) is 22.4 Å². The molecule has 2 fully saturated rings. The van der Waals surface area contributed by atoms with Crippen LogP contribution in [0.1, 0.15) is 36.0 Å². The minimum atomic E-state index is 0.0220. The first kappa shape index (κ1) is 20.1. The second-order valence-corrected chi connectivity index (χ2v) is 8.90. The zero-order chi connectivity index (χ0) is 21.2. The van der Waals surface area contributed by atoms with Crippen LogP contribution in [0.15, 0.2) is 36.0 Å². The lowest BCUT2D eigenvalue weighted by Crippen LogP contribution is -2.49. The average Bonchev–Trinajstić information content (AvgIpc) is 3.51. The molecule has 0 radical (unpaired) electrons. The van der Waals surface area contributed by atoms with E-state index in [4.69, 9.17) is 9.47 Å². The number of carbonyl (C=O) groups excluding carboxylic acids is 1. The Morgan fingerprint density at radius 2 is 1.87 bits per heavy atom. The SMILES string of the molecule is COc1cc(C(=O)N2CCN(c3ncnc4sccc34)CC2)ccc1OC1CCCC1. The molecule has 1 amide bonds. The summed E-state index contributed by atoms with van der Waals surface area (Å²) in [4.78, 5) is 27.1. The Morgan fingerprint density at radius 1 is 1.06 bits per heavy atom. The van der Waals surface area contributed by atoms with E-state index in [0.29, 0.717) is 24.4 Å². The van der Waals surface area contributed by atoms with Gasteiger partial charge in [-0.25, -0.2) is 9.97 Å². The van der Waals surface area contributed by atoms with Gasteiger partial charge in [-0.05, 0) is 55.3 Å². The number of fused-ring (bicyclic) bond motifs is 1. The van der Waals surface area contributed by atoms with Crippen molar-refractivity contribution in [2.75, 3.05) is 38.2 Å². The lowest BCUT2D eigenvalue weighted by atomic mass is 10.1. The van der Waals surface area contributed by atoms with Crippen LogP contribution in [0.2, 0.25) is 0 Å². The van der Waals surface area contributed by atoms with Crippen molar-refractivity contribution in [3.8, 4) is 11.5 Å². The van der Waals surface area contributed by atoms with Gasteiger partial charge in [-0.2, -0.15) is 0 Å². The molecule has 1 aliphatic heterocycles. The number of amides is 1. The molecule has 1 aliphatic carbocycles. The highest BCUT2D eigenvalue weighted by Crippen LogP contribution is 2.33. The summed E-state index contributed by atoms with van der Waals surface area (Å²) in [6, 6.07) is 7.59. The predicted octanol–water partition coefficient (Wildman–Crippen LogP) is 3.98. The van der Waals surface area contributed by atoms with E-state index in [9.17, 15) is 4.79 Å². The highest BCUT2D eigenvalue weighted by molar-refractivity contribution is 7.16. The minimum Gasteiger partial charge on any atom is -0.493 e. The molecule has 2 aromatic heterocycles. The third-order valence-corrected chi connectivity index (χ3v) is 6.93. The van der Waals surface area contributed by atoms with Crippen molar-refractivity contribution in [2.45, 2.75) is 31.8 Å². The Morgan fingerprint density at radius 3 is 2.65 bits per heavy atom. The topological polar surface area (TPSA) is 67.8 Å². The van der Waals surface area contributed by atoms with Crippen LogP contribution in [-0.2, 0) is 0 Å². The number of carbonyl (C=O) groups is 1. The Labute approximate surface area is 185 Å². The number of hydrogen-bond donors (Lipinski definition) is 0.